The number of hydrogen-bond donors (Lipinski definition) is 1. The van der Waals surface area contributed by atoms with E-state index in [1.165, 1.54) is 28.4 Å². The second-order valence-corrected chi connectivity index (χ2v) is 7.19. The Morgan fingerprint density at radius 2 is 1.81 bits per heavy atom. The summed E-state index contributed by atoms with van der Waals surface area (Å²) in [5.74, 6) is 0.642. The van der Waals surface area contributed by atoms with Crippen LogP contribution in [0.3, 0.4) is 0 Å². The third-order valence-electron chi connectivity index (χ3n) is 4.13. The van der Waals surface area contributed by atoms with E-state index in [9.17, 15) is 0 Å². The lowest BCUT2D eigenvalue weighted by Crippen LogP contribution is -2.43. The maximum atomic E-state index is 6.17. The van der Waals surface area contributed by atoms with Gasteiger partial charge in [0.1, 0.15) is 0 Å². The van der Waals surface area contributed by atoms with Crippen LogP contribution in [0.25, 0.3) is 0 Å². The van der Waals surface area contributed by atoms with Crippen molar-refractivity contribution in [2.75, 3.05) is 13.1 Å². The van der Waals surface area contributed by atoms with Crippen molar-refractivity contribution in [3.8, 4) is 0 Å². The summed E-state index contributed by atoms with van der Waals surface area (Å²) in [7, 11) is 0. The Hall–Kier alpha value is -0.380. The molecule has 2 nitrogen and oxygen atoms in total. The van der Waals surface area contributed by atoms with Crippen LogP contribution in [0.2, 0.25) is 0 Å². The van der Waals surface area contributed by atoms with E-state index in [1.54, 1.807) is 0 Å². The molecular weight excluding hydrogens is 324 g/mol. The van der Waals surface area contributed by atoms with Crippen LogP contribution in [0.4, 0.5) is 0 Å². The maximum Gasteiger partial charge on any atom is 0.0484 e. The van der Waals surface area contributed by atoms with Crippen molar-refractivity contribution in [3.63, 3.8) is 0 Å². The normalized spacial score (nSPS) is 13.4. The third-order valence-corrected chi connectivity index (χ3v) is 4.81. The molecule has 0 aromatic heterocycles. The van der Waals surface area contributed by atoms with Gasteiger partial charge in [-0.3, -0.25) is 4.90 Å². The van der Waals surface area contributed by atoms with Crippen LogP contribution in [0.5, 0.6) is 0 Å². The van der Waals surface area contributed by atoms with E-state index in [1.807, 2.05) is 0 Å². The lowest BCUT2D eigenvalue weighted by atomic mass is 9.98. The largest absolute Gasteiger partial charge is 0.329 e. The summed E-state index contributed by atoms with van der Waals surface area (Å²) in [5, 5.41) is 0. The molecule has 1 aromatic carbocycles. The number of nitrogens with zero attached hydrogens (tertiary/aromatic N) is 1. The van der Waals surface area contributed by atoms with Crippen LogP contribution in [0.15, 0.2) is 22.7 Å². The van der Waals surface area contributed by atoms with E-state index in [4.69, 9.17) is 5.73 Å². The van der Waals surface area contributed by atoms with Gasteiger partial charge in [-0.1, -0.05) is 55.8 Å². The molecule has 3 heteroatoms. The molecule has 0 saturated carbocycles. The first-order valence-electron chi connectivity index (χ1n) is 8.16. The number of hydrogen-bond acceptors (Lipinski definition) is 2. The number of nitrogens with two attached hydrogens (primary N) is 1. The minimum Gasteiger partial charge on any atom is -0.329 e. The molecule has 0 saturated heterocycles. The van der Waals surface area contributed by atoms with Crippen molar-refractivity contribution in [2.24, 2.45) is 11.7 Å². The monoisotopic (exact) mass is 354 g/mol. The van der Waals surface area contributed by atoms with Gasteiger partial charge in [0.25, 0.3) is 0 Å². The zero-order valence-corrected chi connectivity index (χ0v) is 15.8. The van der Waals surface area contributed by atoms with Crippen LogP contribution in [0.1, 0.15) is 57.7 Å². The SMILES string of the molecule is CCC(CC)N(CC(C)C)C(CN)c1ccc(C)cc1Br. The molecule has 0 aliphatic rings. The fourth-order valence-corrected chi connectivity index (χ4v) is 3.81. The first kappa shape index (κ1) is 18.7. The average molecular weight is 355 g/mol. The Bertz CT molecular complexity index is 427. The molecule has 1 unspecified atom stereocenters. The topological polar surface area (TPSA) is 29.3 Å². The first-order chi connectivity index (χ1) is 9.94. The molecule has 0 fully saturated rings. The van der Waals surface area contributed by atoms with E-state index in [2.05, 4.69) is 73.6 Å². The van der Waals surface area contributed by atoms with E-state index >= 15 is 0 Å². The van der Waals surface area contributed by atoms with Crippen molar-refractivity contribution in [3.05, 3.63) is 33.8 Å². The lowest BCUT2D eigenvalue weighted by molar-refractivity contribution is 0.112. The smallest absolute Gasteiger partial charge is 0.0484 e. The third kappa shape index (κ3) is 5.08. The fraction of sp³-hybridized carbons (Fsp3) is 0.667. The van der Waals surface area contributed by atoms with E-state index in [0.29, 0.717) is 18.5 Å². The summed E-state index contributed by atoms with van der Waals surface area (Å²) in [5.41, 5.74) is 8.77. The summed E-state index contributed by atoms with van der Waals surface area (Å²) >= 11 is 3.73. The number of aryl methyl sites for hydroxylation is 1. The van der Waals surface area contributed by atoms with Crippen molar-refractivity contribution in [1.29, 1.82) is 0 Å². The quantitative estimate of drug-likeness (QED) is 0.718. The van der Waals surface area contributed by atoms with Gasteiger partial charge in [0.05, 0.1) is 0 Å². The van der Waals surface area contributed by atoms with Crippen LogP contribution in [0, 0.1) is 12.8 Å². The highest BCUT2D eigenvalue weighted by Crippen LogP contribution is 2.31. The summed E-state index contributed by atoms with van der Waals surface area (Å²) < 4.78 is 1.18. The highest BCUT2D eigenvalue weighted by molar-refractivity contribution is 9.10. The predicted octanol–water partition coefficient (Wildman–Crippen LogP) is 4.90. The zero-order chi connectivity index (χ0) is 16.0. The van der Waals surface area contributed by atoms with Gasteiger partial charge in [0.2, 0.25) is 0 Å². The van der Waals surface area contributed by atoms with Crippen LogP contribution in [-0.4, -0.2) is 24.0 Å². The average Bonchev–Trinajstić information content (AvgIpc) is 2.42. The molecule has 0 spiro atoms. The van der Waals surface area contributed by atoms with Crippen LogP contribution in [-0.2, 0) is 0 Å². The number of benzene rings is 1. The number of halogens is 1. The zero-order valence-electron chi connectivity index (χ0n) is 14.2. The number of rotatable bonds is 8. The molecule has 0 radical (unpaired) electrons. The second kappa shape index (κ2) is 8.92. The van der Waals surface area contributed by atoms with E-state index in [-0.39, 0.29) is 6.04 Å². The fourth-order valence-electron chi connectivity index (χ4n) is 3.05. The molecule has 0 bridgehead atoms. The Labute approximate surface area is 139 Å². The van der Waals surface area contributed by atoms with Gasteiger partial charge in [-0.15, -0.1) is 0 Å². The molecule has 1 atom stereocenters. The van der Waals surface area contributed by atoms with Gasteiger partial charge >= 0.3 is 0 Å². The summed E-state index contributed by atoms with van der Waals surface area (Å²) in [4.78, 5) is 2.61. The molecular formula is C18H31BrN2. The minimum atomic E-state index is 0.285. The lowest BCUT2D eigenvalue weighted by Gasteiger charge is -2.39. The molecule has 0 aliphatic carbocycles. The molecule has 120 valence electrons. The maximum absolute atomic E-state index is 6.17. The second-order valence-electron chi connectivity index (χ2n) is 6.34. The molecule has 1 rings (SSSR count). The summed E-state index contributed by atoms with van der Waals surface area (Å²) in [6.45, 7) is 13.0. The summed E-state index contributed by atoms with van der Waals surface area (Å²) in [6, 6.07) is 7.48. The first-order valence-corrected chi connectivity index (χ1v) is 8.95. The Kier molecular flexibility index (Phi) is 7.93. The standard InChI is InChI=1S/C18H31BrN2/c1-6-15(7-2)21(12-13(3)4)18(11-20)16-9-8-14(5)10-17(16)19/h8-10,13,15,18H,6-7,11-12,20H2,1-5H3. The Morgan fingerprint density at radius 3 is 2.24 bits per heavy atom. The molecule has 2 N–H and O–H groups in total. The Balaban J connectivity index is 3.16. The van der Waals surface area contributed by atoms with Gasteiger partial charge in [0.15, 0.2) is 0 Å². The molecule has 0 amide bonds. The minimum absolute atomic E-state index is 0.285. The van der Waals surface area contributed by atoms with E-state index in [0.717, 1.165) is 6.54 Å². The van der Waals surface area contributed by atoms with Gasteiger partial charge < -0.3 is 5.73 Å². The van der Waals surface area contributed by atoms with Gasteiger partial charge in [-0.25, -0.2) is 0 Å². The Morgan fingerprint density at radius 1 is 1.19 bits per heavy atom. The molecule has 0 aliphatic heterocycles. The van der Waals surface area contributed by atoms with Crippen molar-refractivity contribution >= 4 is 15.9 Å². The van der Waals surface area contributed by atoms with Crippen molar-refractivity contribution in [2.45, 2.75) is 59.5 Å². The van der Waals surface area contributed by atoms with Crippen molar-refractivity contribution in [1.82, 2.24) is 4.90 Å². The highest BCUT2D eigenvalue weighted by Gasteiger charge is 2.26. The van der Waals surface area contributed by atoms with Crippen LogP contribution < -0.4 is 5.73 Å². The predicted molar refractivity (Wildman–Crippen MR) is 96.6 cm³/mol. The molecule has 21 heavy (non-hydrogen) atoms. The summed E-state index contributed by atoms with van der Waals surface area (Å²) in [6.07, 6.45) is 2.34. The van der Waals surface area contributed by atoms with Crippen LogP contribution >= 0.6 is 15.9 Å². The van der Waals surface area contributed by atoms with Gasteiger partial charge in [0, 0.05) is 29.6 Å². The highest BCUT2D eigenvalue weighted by atomic mass is 79.9. The molecule has 1 aromatic rings. The van der Waals surface area contributed by atoms with Crippen molar-refractivity contribution < 1.29 is 0 Å². The van der Waals surface area contributed by atoms with Gasteiger partial charge in [-0.2, -0.15) is 0 Å². The van der Waals surface area contributed by atoms with Gasteiger partial charge in [-0.05, 0) is 42.9 Å². The molecule has 0 heterocycles. The van der Waals surface area contributed by atoms with E-state index < -0.39 is 0 Å².